The lowest BCUT2D eigenvalue weighted by atomic mass is 9.87. The number of hydrogen-bond acceptors (Lipinski definition) is 2. The molecule has 3 aromatic carbocycles. The first-order chi connectivity index (χ1) is 15.2. The summed E-state index contributed by atoms with van der Waals surface area (Å²) in [4.78, 5) is 15.9. The van der Waals surface area contributed by atoms with Gasteiger partial charge in [0.2, 0.25) is 0 Å². The second-order valence-electron chi connectivity index (χ2n) is 7.83. The zero-order valence-electron chi connectivity index (χ0n) is 17.5. The van der Waals surface area contributed by atoms with Crippen LogP contribution in [0.15, 0.2) is 91.0 Å². The van der Waals surface area contributed by atoms with E-state index in [-0.39, 0.29) is 5.91 Å². The van der Waals surface area contributed by atoms with Crippen LogP contribution in [0.25, 0.3) is 0 Å². The normalized spacial score (nSPS) is 14.5. The van der Waals surface area contributed by atoms with Crippen LogP contribution in [0, 0.1) is 11.8 Å². The van der Waals surface area contributed by atoms with E-state index in [0.29, 0.717) is 19.6 Å². The first kappa shape index (κ1) is 20.9. The molecule has 1 saturated heterocycles. The van der Waals surface area contributed by atoms with Crippen LogP contribution in [-0.4, -0.2) is 48.6 Å². The Morgan fingerprint density at radius 3 is 1.84 bits per heavy atom. The number of quaternary nitrogens is 1. The molecule has 4 rings (SSSR count). The Labute approximate surface area is 183 Å². The molecule has 4 heteroatoms. The monoisotopic (exact) mass is 411 g/mol. The zero-order chi connectivity index (χ0) is 21.5. The van der Waals surface area contributed by atoms with Crippen molar-refractivity contribution in [2.75, 3.05) is 32.7 Å². The Bertz CT molecular complexity index is 1010. The van der Waals surface area contributed by atoms with Gasteiger partial charge in [-0.3, -0.25) is 4.79 Å². The van der Waals surface area contributed by atoms with Crippen LogP contribution >= 0.6 is 0 Å². The molecule has 31 heavy (non-hydrogen) atoms. The molecule has 1 amide bonds. The standard InChI is InChI=1S/C27H26N2O2/c30-26(23-11-4-1-5-12-23)29-21-19-28(20-22-29)18-10-17-27(31,24-13-6-2-7-14-24)25-15-8-3-9-16-25/h1-9,11-16,31H,18-22H2/p+1. The van der Waals surface area contributed by atoms with Gasteiger partial charge in [0, 0.05) is 16.7 Å². The van der Waals surface area contributed by atoms with Crippen LogP contribution in [0.2, 0.25) is 0 Å². The van der Waals surface area contributed by atoms with Gasteiger partial charge in [0.1, 0.15) is 6.54 Å². The summed E-state index contributed by atoms with van der Waals surface area (Å²) < 4.78 is 0. The minimum Gasteiger partial charge on any atom is -0.369 e. The van der Waals surface area contributed by atoms with Crippen LogP contribution in [0.4, 0.5) is 0 Å². The lowest BCUT2D eigenvalue weighted by molar-refractivity contribution is -0.896. The van der Waals surface area contributed by atoms with Gasteiger partial charge in [-0.25, -0.2) is 0 Å². The average Bonchev–Trinajstić information content (AvgIpc) is 2.85. The van der Waals surface area contributed by atoms with Gasteiger partial charge in [-0.15, -0.1) is 0 Å². The average molecular weight is 412 g/mol. The van der Waals surface area contributed by atoms with E-state index in [2.05, 4.69) is 11.8 Å². The molecule has 156 valence electrons. The number of carbonyl (C=O) groups excluding carboxylic acids is 1. The number of rotatable bonds is 4. The van der Waals surface area contributed by atoms with Crippen LogP contribution in [-0.2, 0) is 5.60 Å². The number of hydrogen-bond donors (Lipinski definition) is 2. The molecule has 4 nitrogen and oxygen atoms in total. The van der Waals surface area contributed by atoms with Crippen molar-refractivity contribution < 1.29 is 14.8 Å². The molecule has 1 aliphatic rings. The van der Waals surface area contributed by atoms with E-state index in [9.17, 15) is 9.90 Å². The molecule has 0 spiro atoms. The summed E-state index contributed by atoms with van der Waals surface area (Å²) in [5.41, 5.74) is 0.929. The second-order valence-corrected chi connectivity index (χ2v) is 7.83. The maximum Gasteiger partial charge on any atom is 0.254 e. The highest BCUT2D eigenvalue weighted by atomic mass is 16.3. The van der Waals surface area contributed by atoms with E-state index in [4.69, 9.17) is 0 Å². The Morgan fingerprint density at radius 2 is 1.32 bits per heavy atom. The summed E-state index contributed by atoms with van der Waals surface area (Å²) in [6.45, 7) is 3.76. The fraction of sp³-hybridized carbons (Fsp3) is 0.222. The molecule has 2 N–H and O–H groups in total. The van der Waals surface area contributed by atoms with Gasteiger partial charge in [-0.05, 0) is 18.1 Å². The third-order valence-corrected chi connectivity index (χ3v) is 5.77. The molecule has 1 fully saturated rings. The molecule has 0 aliphatic carbocycles. The quantitative estimate of drug-likeness (QED) is 0.645. The number of nitrogens with zero attached hydrogens (tertiary/aromatic N) is 1. The summed E-state index contributed by atoms with van der Waals surface area (Å²) in [6.07, 6.45) is 0. The molecule has 0 unspecified atom stereocenters. The van der Waals surface area contributed by atoms with E-state index in [1.54, 1.807) is 0 Å². The van der Waals surface area contributed by atoms with Gasteiger partial charge in [0.05, 0.1) is 26.2 Å². The number of piperazine rings is 1. The minimum absolute atomic E-state index is 0.0910. The largest absolute Gasteiger partial charge is 0.369 e. The lowest BCUT2D eigenvalue weighted by Crippen LogP contribution is -3.14. The van der Waals surface area contributed by atoms with Gasteiger partial charge in [-0.2, -0.15) is 0 Å². The SMILES string of the molecule is O=C(c1ccccc1)N1CC[NH+](CC#CC(O)(c2ccccc2)c2ccccc2)CC1. The van der Waals surface area contributed by atoms with E-state index in [1.807, 2.05) is 95.9 Å². The fourth-order valence-electron chi connectivity index (χ4n) is 3.93. The van der Waals surface area contributed by atoms with Crippen molar-refractivity contribution in [3.63, 3.8) is 0 Å². The zero-order valence-corrected chi connectivity index (χ0v) is 17.5. The van der Waals surface area contributed by atoms with Crippen LogP contribution < -0.4 is 4.90 Å². The predicted octanol–water partition coefficient (Wildman–Crippen LogP) is 1.97. The molecule has 0 atom stereocenters. The first-order valence-electron chi connectivity index (χ1n) is 10.7. The van der Waals surface area contributed by atoms with Crippen molar-refractivity contribution in [1.82, 2.24) is 4.90 Å². The van der Waals surface area contributed by atoms with Gasteiger partial charge in [0.15, 0.2) is 5.60 Å². The topological polar surface area (TPSA) is 45.0 Å². The summed E-state index contributed by atoms with van der Waals surface area (Å²) in [5.74, 6) is 6.46. The molecule has 0 saturated carbocycles. The predicted molar refractivity (Wildman–Crippen MR) is 122 cm³/mol. The molecular weight excluding hydrogens is 384 g/mol. The van der Waals surface area contributed by atoms with E-state index >= 15 is 0 Å². The van der Waals surface area contributed by atoms with Crippen molar-refractivity contribution in [3.8, 4) is 11.8 Å². The van der Waals surface area contributed by atoms with Gasteiger partial charge in [0.25, 0.3) is 5.91 Å². The van der Waals surface area contributed by atoms with Crippen LogP contribution in [0.1, 0.15) is 21.5 Å². The van der Waals surface area contributed by atoms with Gasteiger partial charge >= 0.3 is 0 Å². The summed E-state index contributed by atoms with van der Waals surface area (Å²) >= 11 is 0. The fourth-order valence-corrected chi connectivity index (χ4v) is 3.93. The van der Waals surface area contributed by atoms with Crippen molar-refractivity contribution in [2.24, 2.45) is 0 Å². The smallest absolute Gasteiger partial charge is 0.254 e. The summed E-state index contributed by atoms with van der Waals surface area (Å²) in [7, 11) is 0. The van der Waals surface area contributed by atoms with Crippen molar-refractivity contribution >= 4 is 5.91 Å². The van der Waals surface area contributed by atoms with Crippen molar-refractivity contribution in [2.45, 2.75) is 5.60 Å². The highest BCUT2D eigenvalue weighted by Crippen LogP contribution is 2.28. The third-order valence-electron chi connectivity index (χ3n) is 5.77. The van der Waals surface area contributed by atoms with E-state index in [1.165, 1.54) is 4.90 Å². The summed E-state index contributed by atoms with van der Waals surface area (Å²) in [6, 6.07) is 28.6. The Morgan fingerprint density at radius 1 is 0.839 bits per heavy atom. The molecule has 0 aromatic heterocycles. The number of nitrogens with one attached hydrogen (secondary N) is 1. The molecule has 1 heterocycles. The van der Waals surface area contributed by atoms with Crippen LogP contribution in [0.3, 0.4) is 0 Å². The van der Waals surface area contributed by atoms with Crippen LogP contribution in [0.5, 0.6) is 0 Å². The number of carbonyl (C=O) groups is 1. The molecule has 1 aliphatic heterocycles. The van der Waals surface area contributed by atoms with E-state index in [0.717, 1.165) is 29.8 Å². The maximum absolute atomic E-state index is 12.6. The molecule has 0 bridgehead atoms. The molecular formula is C27H27N2O2+. The summed E-state index contributed by atoms with van der Waals surface area (Å²) in [5, 5.41) is 11.5. The van der Waals surface area contributed by atoms with E-state index < -0.39 is 5.60 Å². The van der Waals surface area contributed by atoms with Crippen molar-refractivity contribution in [3.05, 3.63) is 108 Å². The Kier molecular flexibility index (Phi) is 6.47. The van der Waals surface area contributed by atoms with Gasteiger partial charge in [-0.1, -0.05) is 84.8 Å². The highest BCUT2D eigenvalue weighted by molar-refractivity contribution is 5.94. The highest BCUT2D eigenvalue weighted by Gasteiger charge is 2.29. The Hall–Kier alpha value is -3.39. The number of aliphatic hydroxyl groups is 1. The molecule has 3 aromatic rings. The van der Waals surface area contributed by atoms with Crippen molar-refractivity contribution in [1.29, 1.82) is 0 Å². The molecule has 0 radical (unpaired) electrons. The minimum atomic E-state index is -1.34. The number of amides is 1. The number of benzene rings is 3. The Balaban J connectivity index is 1.42. The van der Waals surface area contributed by atoms with Gasteiger partial charge < -0.3 is 14.9 Å². The maximum atomic E-state index is 12.6. The second kappa shape index (κ2) is 9.61. The first-order valence-corrected chi connectivity index (χ1v) is 10.7. The lowest BCUT2D eigenvalue weighted by Gasteiger charge is -2.31. The third kappa shape index (κ3) is 4.86.